The summed E-state index contributed by atoms with van der Waals surface area (Å²) in [5.41, 5.74) is 6.42. The quantitative estimate of drug-likeness (QED) is 0.0852. The molecule has 10 nitrogen and oxygen atoms in total. The molecule has 252 valence electrons. The van der Waals surface area contributed by atoms with Crippen LogP contribution in [0.2, 0.25) is 0 Å². The Morgan fingerprint density at radius 1 is 0.848 bits per heavy atom. The van der Waals surface area contributed by atoms with E-state index in [1.807, 2.05) is 19.9 Å². The average molecular weight is 638 g/mol. The van der Waals surface area contributed by atoms with Crippen molar-refractivity contribution < 1.29 is 33.4 Å². The van der Waals surface area contributed by atoms with Crippen LogP contribution in [0.3, 0.4) is 0 Å². The lowest BCUT2D eigenvalue weighted by atomic mass is 9.84. The van der Waals surface area contributed by atoms with Gasteiger partial charge in [0.05, 0.1) is 11.6 Å². The molecule has 0 saturated carbocycles. The largest absolute Gasteiger partial charge is 0.457 e. The maximum atomic E-state index is 13.7. The molecular weight excluding hydrogens is 586 g/mol. The van der Waals surface area contributed by atoms with Crippen LogP contribution in [0.4, 0.5) is 0 Å². The number of hydrogen-bond acceptors (Lipinski definition) is 7. The zero-order valence-electron chi connectivity index (χ0n) is 27.6. The van der Waals surface area contributed by atoms with Crippen LogP contribution in [0.25, 0.3) is 0 Å². The molecule has 0 fully saturated rings. The summed E-state index contributed by atoms with van der Waals surface area (Å²) in [6.07, 6.45) is 6.44. The molecule has 0 bridgehead atoms. The number of esters is 1. The number of ether oxygens (including phenoxy) is 2. The standard InChI is InChI=1S/C36H51N3O7/c1-4-6-9-17-34(42)39-31(32(40)24-30(26(3)5-2)35(43)38-22-13-8-12-16-33(37)41)23-27-18-20-29(21-19-27)45-25-46-36(44)28-14-10-7-11-15-28/h7,10-11,14-15,18-21,26,30-31H,4-6,8-9,12-13,16-17,22-25H2,1-3H3,(H2,37,41)(H,38,43)(H,39,42). The molecule has 2 aromatic carbocycles. The van der Waals surface area contributed by atoms with Gasteiger partial charge in [0, 0.05) is 31.7 Å². The molecule has 0 aromatic heterocycles. The van der Waals surface area contributed by atoms with Crippen LogP contribution in [0.1, 0.15) is 101 Å². The van der Waals surface area contributed by atoms with Crippen molar-refractivity contribution in [2.24, 2.45) is 17.6 Å². The summed E-state index contributed by atoms with van der Waals surface area (Å²) < 4.78 is 10.7. The maximum Gasteiger partial charge on any atom is 0.340 e. The van der Waals surface area contributed by atoms with Crippen molar-refractivity contribution in [1.29, 1.82) is 0 Å². The number of primary amides is 1. The van der Waals surface area contributed by atoms with E-state index in [4.69, 9.17) is 15.2 Å². The number of carbonyl (C=O) groups excluding carboxylic acids is 5. The molecule has 2 aromatic rings. The first-order valence-corrected chi connectivity index (χ1v) is 16.5. The second kappa shape index (κ2) is 21.5. The lowest BCUT2D eigenvalue weighted by molar-refractivity contribution is -0.133. The Labute approximate surface area is 273 Å². The molecule has 0 aliphatic heterocycles. The van der Waals surface area contributed by atoms with Crippen molar-refractivity contribution in [2.75, 3.05) is 13.3 Å². The number of unbranched alkanes of at least 4 members (excludes halogenated alkanes) is 4. The normalized spacial score (nSPS) is 12.8. The van der Waals surface area contributed by atoms with Crippen molar-refractivity contribution >= 4 is 29.5 Å². The molecule has 3 unspecified atom stereocenters. The number of Topliss-reactive ketones (excluding diaryl/α,β-unsaturated/α-hetero) is 1. The number of rotatable bonds is 23. The highest BCUT2D eigenvalue weighted by Gasteiger charge is 2.30. The molecule has 4 N–H and O–H groups in total. The Morgan fingerprint density at radius 3 is 2.20 bits per heavy atom. The minimum absolute atomic E-state index is 0.0103. The lowest BCUT2D eigenvalue weighted by Gasteiger charge is -2.25. The molecular formula is C36H51N3O7. The van der Waals surface area contributed by atoms with E-state index in [1.165, 1.54) is 0 Å². The third kappa shape index (κ3) is 14.7. The summed E-state index contributed by atoms with van der Waals surface area (Å²) in [6.45, 7) is 6.20. The average Bonchev–Trinajstić information content (AvgIpc) is 3.05. The number of amides is 3. The predicted molar refractivity (Wildman–Crippen MR) is 177 cm³/mol. The van der Waals surface area contributed by atoms with Crippen LogP contribution >= 0.6 is 0 Å². The first-order chi connectivity index (χ1) is 22.1. The van der Waals surface area contributed by atoms with E-state index in [0.29, 0.717) is 43.5 Å². The molecule has 0 radical (unpaired) electrons. The van der Waals surface area contributed by atoms with E-state index >= 15 is 0 Å². The Kier molecular flexibility index (Phi) is 17.8. The van der Waals surface area contributed by atoms with E-state index in [9.17, 15) is 24.0 Å². The molecule has 46 heavy (non-hydrogen) atoms. The molecule has 10 heteroatoms. The Balaban J connectivity index is 2.03. The highest BCUT2D eigenvalue weighted by Crippen LogP contribution is 2.22. The van der Waals surface area contributed by atoms with Crippen molar-refractivity contribution in [3.8, 4) is 5.75 Å². The number of nitrogens with one attached hydrogen (secondary N) is 2. The Morgan fingerprint density at radius 2 is 1.54 bits per heavy atom. The van der Waals surface area contributed by atoms with E-state index < -0.39 is 17.9 Å². The van der Waals surface area contributed by atoms with Crippen molar-refractivity contribution in [1.82, 2.24) is 10.6 Å². The fourth-order valence-electron chi connectivity index (χ4n) is 4.95. The zero-order chi connectivity index (χ0) is 33.7. The van der Waals surface area contributed by atoms with E-state index in [-0.39, 0.29) is 49.1 Å². The van der Waals surface area contributed by atoms with Gasteiger partial charge in [-0.05, 0) is 61.4 Å². The van der Waals surface area contributed by atoms with Gasteiger partial charge in [0.2, 0.25) is 24.5 Å². The number of nitrogens with two attached hydrogens (primary N) is 1. The molecule has 2 rings (SSSR count). The SMILES string of the molecule is CCCCCC(=O)NC(Cc1ccc(OCOC(=O)c2ccccc2)cc1)C(=O)CC(C(=O)NCCCCCC(N)=O)C(C)CC. The van der Waals surface area contributed by atoms with E-state index in [1.54, 1.807) is 48.5 Å². The Bertz CT molecular complexity index is 1230. The van der Waals surface area contributed by atoms with Crippen LogP contribution < -0.4 is 21.1 Å². The summed E-state index contributed by atoms with van der Waals surface area (Å²) in [7, 11) is 0. The van der Waals surface area contributed by atoms with Gasteiger partial charge in [-0.2, -0.15) is 0 Å². The highest BCUT2D eigenvalue weighted by molar-refractivity contribution is 5.93. The second-order valence-corrected chi connectivity index (χ2v) is 11.7. The van der Waals surface area contributed by atoms with Crippen molar-refractivity contribution in [2.45, 2.75) is 97.4 Å². The number of hydrogen-bond donors (Lipinski definition) is 3. The maximum absolute atomic E-state index is 13.7. The van der Waals surface area contributed by atoms with Crippen LogP contribution in [0.5, 0.6) is 5.75 Å². The van der Waals surface area contributed by atoms with E-state index in [0.717, 1.165) is 37.7 Å². The minimum Gasteiger partial charge on any atom is -0.457 e. The van der Waals surface area contributed by atoms with Gasteiger partial charge in [0.15, 0.2) is 5.78 Å². The molecule has 0 aliphatic carbocycles. The highest BCUT2D eigenvalue weighted by atomic mass is 16.7. The van der Waals surface area contributed by atoms with Gasteiger partial charge in [-0.3, -0.25) is 19.2 Å². The molecule has 0 heterocycles. The van der Waals surface area contributed by atoms with Gasteiger partial charge in [-0.15, -0.1) is 0 Å². The lowest BCUT2D eigenvalue weighted by Crippen LogP contribution is -2.45. The molecule has 3 atom stereocenters. The van der Waals surface area contributed by atoms with Crippen LogP contribution in [-0.4, -0.2) is 48.9 Å². The summed E-state index contributed by atoms with van der Waals surface area (Å²) in [5.74, 6) is -1.47. The fourth-order valence-corrected chi connectivity index (χ4v) is 4.95. The van der Waals surface area contributed by atoms with Gasteiger partial charge in [-0.25, -0.2) is 4.79 Å². The fraction of sp³-hybridized carbons (Fsp3) is 0.528. The predicted octanol–water partition coefficient (Wildman–Crippen LogP) is 5.27. The molecule has 3 amide bonds. The van der Waals surface area contributed by atoms with Crippen LogP contribution in [-0.2, 0) is 30.3 Å². The third-order valence-corrected chi connectivity index (χ3v) is 8.01. The Hall–Kier alpha value is -4.21. The van der Waals surface area contributed by atoms with Gasteiger partial charge in [-0.1, -0.05) is 76.8 Å². The monoisotopic (exact) mass is 637 g/mol. The number of ketones is 1. The van der Waals surface area contributed by atoms with Crippen molar-refractivity contribution in [3.05, 3.63) is 65.7 Å². The second-order valence-electron chi connectivity index (χ2n) is 11.7. The van der Waals surface area contributed by atoms with Gasteiger partial charge in [0.25, 0.3) is 0 Å². The zero-order valence-corrected chi connectivity index (χ0v) is 27.6. The summed E-state index contributed by atoms with van der Waals surface area (Å²) in [6, 6.07) is 14.9. The minimum atomic E-state index is -0.791. The molecule has 0 saturated heterocycles. The summed E-state index contributed by atoms with van der Waals surface area (Å²) in [4.78, 5) is 62.7. The van der Waals surface area contributed by atoms with E-state index in [2.05, 4.69) is 17.6 Å². The molecule has 0 aliphatic rings. The van der Waals surface area contributed by atoms with Crippen molar-refractivity contribution in [3.63, 3.8) is 0 Å². The topological polar surface area (TPSA) is 154 Å². The van der Waals surface area contributed by atoms with Gasteiger partial charge >= 0.3 is 5.97 Å². The number of benzene rings is 2. The van der Waals surface area contributed by atoms with Crippen LogP contribution in [0.15, 0.2) is 54.6 Å². The summed E-state index contributed by atoms with van der Waals surface area (Å²) >= 11 is 0. The summed E-state index contributed by atoms with van der Waals surface area (Å²) in [5, 5.41) is 5.89. The molecule has 0 spiro atoms. The third-order valence-electron chi connectivity index (χ3n) is 8.01. The van der Waals surface area contributed by atoms with Crippen LogP contribution in [0, 0.1) is 11.8 Å². The number of carbonyl (C=O) groups is 5. The van der Waals surface area contributed by atoms with Gasteiger partial charge < -0.3 is 25.8 Å². The van der Waals surface area contributed by atoms with Gasteiger partial charge in [0.1, 0.15) is 5.75 Å². The smallest absolute Gasteiger partial charge is 0.340 e. The first kappa shape index (κ1) is 38.0. The first-order valence-electron chi connectivity index (χ1n) is 16.5.